The third-order valence-corrected chi connectivity index (χ3v) is 9.44. The van der Waals surface area contributed by atoms with Crippen molar-refractivity contribution in [3.63, 3.8) is 0 Å². The van der Waals surface area contributed by atoms with Crippen molar-refractivity contribution in [2.24, 2.45) is 5.92 Å². The minimum atomic E-state index is -4.52. The van der Waals surface area contributed by atoms with E-state index < -0.39 is 45.8 Å². The Labute approximate surface area is 263 Å². The summed E-state index contributed by atoms with van der Waals surface area (Å²) in [6.07, 6.45) is -5.24. The molecular formula is C30H32ClF3N4O6S. The number of rotatable bonds is 8. The van der Waals surface area contributed by atoms with Crippen LogP contribution >= 0.6 is 11.6 Å². The van der Waals surface area contributed by atoms with Crippen LogP contribution in [0.1, 0.15) is 29.8 Å². The fraction of sp³-hybridized carbons (Fsp3) is 0.333. The molecule has 1 heterocycles. The molecule has 0 unspecified atom stereocenters. The number of amides is 3. The van der Waals surface area contributed by atoms with Gasteiger partial charge in [0.15, 0.2) is 0 Å². The Morgan fingerprint density at radius 2 is 1.69 bits per heavy atom. The number of sulfonamides is 1. The highest BCUT2D eigenvalue weighted by Gasteiger charge is 2.35. The number of benzene rings is 3. The summed E-state index contributed by atoms with van der Waals surface area (Å²) in [5, 5.41) is 15.3. The van der Waals surface area contributed by atoms with Gasteiger partial charge in [-0.25, -0.2) is 13.2 Å². The second-order valence-corrected chi connectivity index (χ2v) is 13.2. The molecule has 4 rings (SSSR count). The largest absolute Gasteiger partial charge is 0.488 e. The third-order valence-electron chi connectivity index (χ3n) is 7.35. The Hall–Kier alpha value is -3.85. The van der Waals surface area contributed by atoms with Gasteiger partial charge in [0.2, 0.25) is 10.0 Å². The maximum Gasteiger partial charge on any atom is 0.416 e. The fourth-order valence-electron chi connectivity index (χ4n) is 4.69. The molecule has 3 amide bonds. The maximum absolute atomic E-state index is 13.7. The van der Waals surface area contributed by atoms with Crippen molar-refractivity contribution in [1.82, 2.24) is 9.21 Å². The highest BCUT2D eigenvalue weighted by Crippen LogP contribution is 2.32. The van der Waals surface area contributed by atoms with E-state index in [-0.39, 0.29) is 53.2 Å². The molecule has 1 aliphatic heterocycles. The fourth-order valence-corrected chi connectivity index (χ4v) is 6.00. The van der Waals surface area contributed by atoms with Crippen molar-refractivity contribution in [3.8, 4) is 5.75 Å². The van der Waals surface area contributed by atoms with Crippen LogP contribution in [0.3, 0.4) is 0 Å². The molecule has 0 spiro atoms. The number of hydrogen-bond donors (Lipinski definition) is 3. The molecule has 0 saturated carbocycles. The monoisotopic (exact) mass is 668 g/mol. The number of nitrogens with zero attached hydrogens (tertiary/aromatic N) is 2. The second kappa shape index (κ2) is 13.6. The topological polar surface area (TPSA) is 128 Å². The average Bonchev–Trinajstić information content (AvgIpc) is 2.98. The molecule has 0 saturated heterocycles. The molecule has 3 atom stereocenters. The standard InChI is InChI=1S/C30H32ClF3N4O6S/c1-18-15-38(19(2)17-39)28(40)25-14-23(36-29(41)35-22-8-4-20(5-9-22)30(32,33)34)10-13-26(25)44-27(18)16-37(3)45(42,43)24-11-6-21(31)7-12-24/h4-14,18-19,27,39H,15-17H2,1-3H3,(H2,35,36,41)/t18-,19+,27-/m1/s1. The number of aliphatic hydroxyl groups is 1. The van der Waals surface area contributed by atoms with Crippen molar-refractivity contribution in [2.75, 3.05) is 37.4 Å². The number of alkyl halides is 3. The summed E-state index contributed by atoms with van der Waals surface area (Å²) >= 11 is 5.92. The Morgan fingerprint density at radius 1 is 1.09 bits per heavy atom. The molecule has 0 aliphatic carbocycles. The molecule has 0 bridgehead atoms. The Morgan fingerprint density at radius 3 is 2.29 bits per heavy atom. The van der Waals surface area contributed by atoms with Gasteiger partial charge < -0.3 is 25.4 Å². The first-order chi connectivity index (χ1) is 21.1. The molecule has 3 aromatic carbocycles. The van der Waals surface area contributed by atoms with Crippen LogP contribution in [0.5, 0.6) is 5.75 Å². The number of nitrogens with one attached hydrogen (secondary N) is 2. The van der Waals surface area contributed by atoms with E-state index >= 15 is 0 Å². The summed E-state index contributed by atoms with van der Waals surface area (Å²) in [5.41, 5.74) is -0.512. The van der Waals surface area contributed by atoms with Crippen LogP contribution < -0.4 is 15.4 Å². The maximum atomic E-state index is 13.7. The van der Waals surface area contributed by atoms with Crippen LogP contribution in [0.25, 0.3) is 0 Å². The highest BCUT2D eigenvalue weighted by molar-refractivity contribution is 7.89. The van der Waals surface area contributed by atoms with Gasteiger partial charge in [0.1, 0.15) is 11.9 Å². The number of ether oxygens (including phenoxy) is 1. The molecule has 0 radical (unpaired) electrons. The van der Waals surface area contributed by atoms with Crippen LogP contribution in [0.15, 0.2) is 71.6 Å². The van der Waals surface area contributed by atoms with E-state index in [1.54, 1.807) is 6.92 Å². The summed E-state index contributed by atoms with van der Waals surface area (Å²) in [6.45, 7) is 3.20. The van der Waals surface area contributed by atoms with Crippen LogP contribution in [-0.2, 0) is 16.2 Å². The molecule has 0 fully saturated rings. The van der Waals surface area contributed by atoms with E-state index in [4.69, 9.17) is 16.3 Å². The predicted molar refractivity (Wildman–Crippen MR) is 163 cm³/mol. The molecule has 3 N–H and O–H groups in total. The molecule has 3 aromatic rings. The van der Waals surface area contributed by atoms with Gasteiger partial charge in [-0.15, -0.1) is 0 Å². The van der Waals surface area contributed by atoms with Gasteiger partial charge in [-0.05, 0) is 73.7 Å². The number of halogens is 4. The van der Waals surface area contributed by atoms with Crippen molar-refractivity contribution in [1.29, 1.82) is 0 Å². The minimum Gasteiger partial charge on any atom is -0.488 e. The smallest absolute Gasteiger partial charge is 0.416 e. The first-order valence-electron chi connectivity index (χ1n) is 13.8. The lowest BCUT2D eigenvalue weighted by atomic mass is 9.99. The molecule has 242 valence electrons. The summed E-state index contributed by atoms with van der Waals surface area (Å²) in [6, 6.07) is 12.6. The number of hydrogen-bond acceptors (Lipinski definition) is 6. The minimum absolute atomic E-state index is 0.0456. The van der Waals surface area contributed by atoms with Crippen LogP contribution in [0.4, 0.5) is 29.3 Å². The third kappa shape index (κ3) is 8.06. The van der Waals surface area contributed by atoms with E-state index in [2.05, 4.69) is 10.6 Å². The van der Waals surface area contributed by atoms with Gasteiger partial charge in [0.05, 0.1) is 35.2 Å². The van der Waals surface area contributed by atoms with E-state index in [0.29, 0.717) is 5.02 Å². The Balaban J connectivity index is 1.58. The van der Waals surface area contributed by atoms with Crippen molar-refractivity contribution < 1.29 is 41.0 Å². The van der Waals surface area contributed by atoms with Gasteiger partial charge in [-0.3, -0.25) is 4.79 Å². The van der Waals surface area contributed by atoms with Gasteiger partial charge in [-0.2, -0.15) is 17.5 Å². The lowest BCUT2D eigenvalue weighted by molar-refractivity contribution is -0.137. The first kappa shape index (κ1) is 34.0. The summed E-state index contributed by atoms with van der Waals surface area (Å²) < 4.78 is 72.5. The number of urea groups is 1. The molecule has 10 nitrogen and oxygen atoms in total. The summed E-state index contributed by atoms with van der Waals surface area (Å²) in [5.74, 6) is -0.713. The van der Waals surface area contributed by atoms with Crippen LogP contribution in [-0.4, -0.2) is 73.6 Å². The quantitative estimate of drug-likeness (QED) is 0.289. The molecular weight excluding hydrogens is 637 g/mol. The van der Waals surface area contributed by atoms with E-state index in [1.807, 2.05) is 6.92 Å². The number of carbonyl (C=O) groups is 2. The zero-order valence-electron chi connectivity index (χ0n) is 24.5. The average molecular weight is 669 g/mol. The number of anilines is 2. The van der Waals surface area contributed by atoms with Crippen LogP contribution in [0, 0.1) is 5.92 Å². The van der Waals surface area contributed by atoms with E-state index in [1.165, 1.54) is 54.4 Å². The van der Waals surface area contributed by atoms with Gasteiger partial charge in [0.25, 0.3) is 5.91 Å². The van der Waals surface area contributed by atoms with E-state index in [0.717, 1.165) is 28.6 Å². The van der Waals surface area contributed by atoms with Crippen molar-refractivity contribution >= 4 is 44.9 Å². The molecule has 15 heteroatoms. The van der Waals surface area contributed by atoms with Crippen molar-refractivity contribution in [3.05, 3.63) is 82.9 Å². The van der Waals surface area contributed by atoms with Gasteiger partial charge >= 0.3 is 12.2 Å². The van der Waals surface area contributed by atoms with Crippen LogP contribution in [0.2, 0.25) is 5.02 Å². The number of aliphatic hydroxyl groups excluding tert-OH is 1. The summed E-state index contributed by atoms with van der Waals surface area (Å²) in [4.78, 5) is 27.8. The zero-order valence-corrected chi connectivity index (χ0v) is 26.1. The molecule has 45 heavy (non-hydrogen) atoms. The lowest BCUT2D eigenvalue weighted by Gasteiger charge is -2.38. The molecule has 0 aromatic heterocycles. The first-order valence-corrected chi connectivity index (χ1v) is 15.6. The Kier molecular flexibility index (Phi) is 10.3. The number of carbonyl (C=O) groups excluding carboxylic acids is 2. The number of likely N-dealkylation sites (N-methyl/N-ethyl adjacent to an activating group) is 1. The van der Waals surface area contributed by atoms with E-state index in [9.17, 15) is 36.3 Å². The van der Waals surface area contributed by atoms with Crippen molar-refractivity contribution in [2.45, 2.75) is 37.1 Å². The van der Waals surface area contributed by atoms with Gasteiger partial charge in [0, 0.05) is 35.9 Å². The van der Waals surface area contributed by atoms with Gasteiger partial charge in [-0.1, -0.05) is 18.5 Å². The SMILES string of the molecule is C[C@@H]1CN([C@@H](C)CO)C(=O)c2cc(NC(=O)Nc3ccc(C(F)(F)F)cc3)ccc2O[C@@H]1CN(C)S(=O)(=O)c1ccc(Cl)cc1. The second-order valence-electron chi connectivity index (χ2n) is 10.7. The normalized spacial score (nSPS) is 18.0. The highest BCUT2D eigenvalue weighted by atomic mass is 35.5. The lowest BCUT2D eigenvalue weighted by Crippen LogP contribution is -2.50. The number of fused-ring (bicyclic) bond motifs is 1. The predicted octanol–water partition coefficient (Wildman–Crippen LogP) is 5.54. The molecule has 1 aliphatic rings. The Bertz CT molecular complexity index is 1640. The zero-order chi connectivity index (χ0) is 33.1. The summed E-state index contributed by atoms with van der Waals surface area (Å²) in [7, 11) is -2.50.